The van der Waals surface area contributed by atoms with Gasteiger partial charge in [0.05, 0.1) is 39.9 Å². The van der Waals surface area contributed by atoms with Crippen molar-refractivity contribution in [2.24, 2.45) is 0 Å². The molecule has 0 spiro atoms. The van der Waals surface area contributed by atoms with Crippen LogP contribution in [0.3, 0.4) is 0 Å². The molecule has 520 valence electrons. The Bertz CT molecular complexity index is 1890. The molecule has 0 aliphatic rings. The number of likely N-dealkylation sites (N-methyl/N-ethyl adjacent to an activating group) is 1. The molecule has 1 amide bonds. The Labute approximate surface area is 558 Å². The van der Waals surface area contributed by atoms with E-state index in [1.54, 1.807) is 0 Å². The average Bonchev–Trinajstić information content (AvgIpc) is 3.72. The van der Waals surface area contributed by atoms with E-state index in [2.05, 4.69) is 141 Å². The number of phosphoric acid groups is 1. The lowest BCUT2D eigenvalue weighted by Crippen LogP contribution is -2.46. The molecule has 0 heterocycles. The Morgan fingerprint density at radius 3 is 0.978 bits per heavy atom. The topological polar surface area (TPSA) is 105 Å². The summed E-state index contributed by atoms with van der Waals surface area (Å²) in [4.78, 5) is 23.5. The molecular formula is C81H146N2O6P+. The van der Waals surface area contributed by atoms with Crippen molar-refractivity contribution in [1.82, 2.24) is 5.32 Å². The molecular weight excluding hydrogens is 1130 g/mol. The summed E-state index contributed by atoms with van der Waals surface area (Å²) in [5, 5.41) is 14.2. The number of nitrogens with zero attached hydrogens (tertiary/aromatic N) is 1. The van der Waals surface area contributed by atoms with Crippen molar-refractivity contribution in [3.63, 3.8) is 0 Å². The van der Waals surface area contributed by atoms with Gasteiger partial charge in [-0.25, -0.2) is 4.57 Å². The molecule has 0 bridgehead atoms. The Kier molecular flexibility index (Phi) is 67.8. The first-order valence-corrected chi connectivity index (χ1v) is 39.4. The Balaban J connectivity index is 4.08. The number of quaternary nitrogens is 1. The number of phosphoric ester groups is 1. The van der Waals surface area contributed by atoms with Gasteiger partial charge >= 0.3 is 7.82 Å². The lowest BCUT2D eigenvalue weighted by Gasteiger charge is -2.26. The highest BCUT2D eigenvalue weighted by atomic mass is 31.2. The minimum atomic E-state index is -4.34. The molecule has 8 nitrogen and oxygen atoms in total. The minimum absolute atomic E-state index is 0.0681. The maximum atomic E-state index is 13.1. The van der Waals surface area contributed by atoms with Crippen LogP contribution in [-0.2, 0) is 18.4 Å². The molecule has 0 fully saturated rings. The number of allylic oxidation sites excluding steroid dienone is 20. The predicted octanol–water partition coefficient (Wildman–Crippen LogP) is 24.8. The number of hydrogen-bond acceptors (Lipinski definition) is 5. The van der Waals surface area contributed by atoms with Crippen LogP contribution in [0, 0.1) is 0 Å². The maximum Gasteiger partial charge on any atom is 0.472 e. The van der Waals surface area contributed by atoms with Crippen molar-refractivity contribution in [2.75, 3.05) is 40.9 Å². The van der Waals surface area contributed by atoms with Crippen LogP contribution in [-0.4, -0.2) is 73.4 Å². The Hall–Kier alpha value is -3.10. The van der Waals surface area contributed by atoms with E-state index in [4.69, 9.17) is 9.05 Å². The summed E-state index contributed by atoms with van der Waals surface area (Å²) in [6, 6.07) is -0.776. The number of aliphatic hydroxyl groups is 1. The van der Waals surface area contributed by atoms with E-state index >= 15 is 0 Å². The maximum absolute atomic E-state index is 13.1. The first-order valence-electron chi connectivity index (χ1n) is 37.9. The molecule has 3 N–H and O–H groups in total. The highest BCUT2D eigenvalue weighted by Gasteiger charge is 2.28. The number of carbonyl (C=O) groups is 1. The van der Waals surface area contributed by atoms with Crippen molar-refractivity contribution in [3.8, 4) is 0 Å². The van der Waals surface area contributed by atoms with Gasteiger partial charge in [0, 0.05) is 6.42 Å². The fraction of sp³-hybridized carbons (Fsp3) is 0.741. The third-order valence-corrected chi connectivity index (χ3v) is 17.7. The van der Waals surface area contributed by atoms with Gasteiger partial charge in [-0.3, -0.25) is 13.8 Å². The van der Waals surface area contributed by atoms with Crippen LogP contribution in [0.15, 0.2) is 122 Å². The Morgan fingerprint density at radius 1 is 0.389 bits per heavy atom. The monoisotopic (exact) mass is 1270 g/mol. The van der Waals surface area contributed by atoms with Crippen molar-refractivity contribution in [2.45, 2.75) is 347 Å². The molecule has 90 heavy (non-hydrogen) atoms. The first-order chi connectivity index (χ1) is 44.0. The van der Waals surface area contributed by atoms with Gasteiger partial charge in [0.25, 0.3) is 0 Å². The van der Waals surface area contributed by atoms with Gasteiger partial charge in [0.2, 0.25) is 5.91 Å². The van der Waals surface area contributed by atoms with Crippen molar-refractivity contribution >= 4 is 13.7 Å². The van der Waals surface area contributed by atoms with Gasteiger partial charge in [0.15, 0.2) is 0 Å². The number of rotatable bonds is 69. The van der Waals surface area contributed by atoms with E-state index in [1.807, 2.05) is 21.1 Å². The normalized spacial score (nSPS) is 14.3. The van der Waals surface area contributed by atoms with Gasteiger partial charge in [-0.2, -0.15) is 0 Å². The zero-order valence-corrected chi connectivity index (χ0v) is 60.5. The van der Waals surface area contributed by atoms with Crippen LogP contribution >= 0.6 is 7.82 Å². The van der Waals surface area contributed by atoms with Crippen LogP contribution in [0.1, 0.15) is 335 Å². The minimum Gasteiger partial charge on any atom is -0.391 e. The van der Waals surface area contributed by atoms with Gasteiger partial charge in [-0.1, -0.05) is 360 Å². The molecule has 0 rings (SSSR count). The molecule has 0 aromatic carbocycles. The summed E-state index contributed by atoms with van der Waals surface area (Å²) in [5.41, 5.74) is 0. The standard InChI is InChI=1S/C81H145N2O6P/c1-6-8-10-12-14-16-18-20-22-24-26-28-30-32-34-36-37-38-39-40-41-42-43-44-45-47-49-51-53-55-57-59-61-63-65-67-69-71-73-75-81(85)82-79(78-89-90(86,87)88-77-76-83(3,4)5)80(84)74-72-70-68-66-64-62-60-58-56-54-52-50-48-46-35-33-31-29-27-25-23-21-19-17-15-13-11-9-7-2/h8,10,14,16,20,22,26,28,32,34,37-38,40-41,43-44,47,49,53,55,79-80,84H,6-7,9,11-13,15,17-19,21,23-25,27,29-31,33,35-36,39,42,45-46,48,50-52,54,56-78H2,1-5H3,(H-,82,85,86,87)/p+1/b10-8-,16-14-,22-20-,28-26-,34-32-,38-37-,41-40-,44-43-,49-47-,55-53-. The highest BCUT2D eigenvalue weighted by Crippen LogP contribution is 2.43. The molecule has 3 atom stereocenters. The van der Waals surface area contributed by atoms with E-state index in [9.17, 15) is 19.4 Å². The van der Waals surface area contributed by atoms with Gasteiger partial charge < -0.3 is 19.8 Å². The van der Waals surface area contributed by atoms with Gasteiger partial charge in [-0.15, -0.1) is 0 Å². The second-order valence-electron chi connectivity index (χ2n) is 26.7. The molecule has 0 saturated carbocycles. The van der Waals surface area contributed by atoms with Crippen LogP contribution in [0.2, 0.25) is 0 Å². The number of aliphatic hydroxyl groups excluding tert-OH is 1. The number of amides is 1. The van der Waals surface area contributed by atoms with E-state index in [0.717, 1.165) is 109 Å². The summed E-state index contributed by atoms with van der Waals surface area (Å²) >= 11 is 0. The van der Waals surface area contributed by atoms with Crippen molar-refractivity contribution in [1.29, 1.82) is 0 Å². The smallest absolute Gasteiger partial charge is 0.391 e. The zero-order valence-electron chi connectivity index (χ0n) is 59.6. The molecule has 3 unspecified atom stereocenters. The SMILES string of the molecule is CC/C=C\C/C=C\C/C=C\C/C=C\C/C=C\C/C=C\C/C=C\C/C=C\C/C=C\C/C=C\CCCCCCCCCCC(=O)NC(COP(=O)(O)OCC[N+](C)(C)C)C(O)CCCCCCCCCCCCCCCCCCCCCCCCCCCCCCC. The quantitative estimate of drug-likeness (QED) is 0.0243. The lowest BCUT2D eigenvalue weighted by atomic mass is 10.0. The van der Waals surface area contributed by atoms with E-state index in [1.165, 1.54) is 199 Å². The third kappa shape index (κ3) is 72.3. The summed E-state index contributed by atoms with van der Waals surface area (Å²) < 4.78 is 23.9. The van der Waals surface area contributed by atoms with E-state index in [-0.39, 0.29) is 19.1 Å². The fourth-order valence-corrected chi connectivity index (χ4v) is 11.6. The molecule has 0 saturated heterocycles. The lowest BCUT2D eigenvalue weighted by molar-refractivity contribution is -0.870. The summed E-state index contributed by atoms with van der Waals surface area (Å²) in [5.74, 6) is -0.153. The Morgan fingerprint density at radius 2 is 0.667 bits per heavy atom. The second kappa shape index (κ2) is 70.2. The number of hydrogen-bond donors (Lipinski definition) is 3. The van der Waals surface area contributed by atoms with Crippen LogP contribution in [0.25, 0.3) is 0 Å². The fourth-order valence-electron chi connectivity index (χ4n) is 10.9. The molecule has 0 aromatic heterocycles. The summed E-state index contributed by atoms with van der Waals surface area (Å²) in [6.45, 7) is 4.80. The van der Waals surface area contributed by atoms with Crippen LogP contribution in [0.5, 0.6) is 0 Å². The van der Waals surface area contributed by atoms with Crippen LogP contribution in [0.4, 0.5) is 0 Å². The summed E-state index contributed by atoms with van der Waals surface area (Å²) in [6.07, 6.45) is 105. The molecule has 0 aliphatic carbocycles. The predicted molar refractivity (Wildman–Crippen MR) is 396 cm³/mol. The van der Waals surface area contributed by atoms with Crippen LogP contribution < -0.4 is 5.32 Å². The third-order valence-electron chi connectivity index (χ3n) is 16.7. The summed E-state index contributed by atoms with van der Waals surface area (Å²) in [7, 11) is 1.61. The van der Waals surface area contributed by atoms with Crippen molar-refractivity contribution < 1.29 is 32.9 Å². The average molecular weight is 1280 g/mol. The molecule has 0 radical (unpaired) electrons. The number of nitrogens with one attached hydrogen (secondary N) is 1. The second-order valence-corrected chi connectivity index (χ2v) is 28.1. The van der Waals surface area contributed by atoms with Crippen molar-refractivity contribution in [3.05, 3.63) is 122 Å². The van der Waals surface area contributed by atoms with E-state index < -0.39 is 20.0 Å². The van der Waals surface area contributed by atoms with E-state index in [0.29, 0.717) is 23.9 Å². The largest absolute Gasteiger partial charge is 0.472 e. The van der Waals surface area contributed by atoms with Gasteiger partial charge in [0.1, 0.15) is 13.2 Å². The molecule has 0 aromatic rings. The number of carbonyl (C=O) groups excluding carboxylic acids is 1. The number of unbranched alkanes of at least 4 members (excludes halogenated alkanes) is 36. The zero-order chi connectivity index (χ0) is 65.5. The molecule has 9 heteroatoms. The molecule has 0 aliphatic heterocycles. The first kappa shape index (κ1) is 86.9. The van der Waals surface area contributed by atoms with Gasteiger partial charge in [-0.05, 0) is 89.9 Å². The highest BCUT2D eigenvalue weighted by molar-refractivity contribution is 7.47.